The molecule has 1 atom stereocenters. The summed E-state index contributed by atoms with van der Waals surface area (Å²) < 4.78 is 1.02. The number of hydrogen-bond donors (Lipinski definition) is 2. The van der Waals surface area contributed by atoms with Crippen molar-refractivity contribution in [3.05, 3.63) is 58.3 Å². The molecule has 20 heavy (non-hydrogen) atoms. The second-order valence-corrected chi connectivity index (χ2v) is 5.38. The van der Waals surface area contributed by atoms with Crippen LogP contribution in [0.25, 0.3) is 0 Å². The molecule has 0 radical (unpaired) electrons. The van der Waals surface area contributed by atoms with Crippen LogP contribution < -0.4 is 11.1 Å². The third kappa shape index (κ3) is 3.57. The number of hydrogen-bond acceptors (Lipinski definition) is 3. The number of nitrogen functional groups attached to an aromatic ring is 1. The van der Waals surface area contributed by atoms with Gasteiger partial charge in [-0.25, -0.2) is 4.98 Å². The quantitative estimate of drug-likeness (QED) is 0.901. The van der Waals surface area contributed by atoms with E-state index in [1.807, 2.05) is 31.2 Å². The molecule has 0 aliphatic carbocycles. The van der Waals surface area contributed by atoms with Crippen LogP contribution in [0.5, 0.6) is 0 Å². The van der Waals surface area contributed by atoms with Crippen LogP contribution in [0.1, 0.15) is 35.4 Å². The number of nitrogens with two attached hydrogens (primary N) is 1. The Labute approximate surface area is 126 Å². The lowest BCUT2D eigenvalue weighted by molar-refractivity contribution is 0.0930. The van der Waals surface area contributed by atoms with Crippen molar-refractivity contribution in [1.29, 1.82) is 0 Å². The highest BCUT2D eigenvalue weighted by atomic mass is 79.9. The summed E-state index contributed by atoms with van der Waals surface area (Å²) in [6.45, 7) is 2.03. The number of rotatable bonds is 4. The molecule has 1 heterocycles. The fourth-order valence-corrected chi connectivity index (χ4v) is 2.15. The zero-order valence-electron chi connectivity index (χ0n) is 11.1. The molecule has 0 saturated heterocycles. The highest BCUT2D eigenvalue weighted by Gasteiger charge is 2.14. The number of amides is 1. The highest BCUT2D eigenvalue weighted by molar-refractivity contribution is 9.10. The van der Waals surface area contributed by atoms with Gasteiger partial charge in [-0.15, -0.1) is 0 Å². The molecule has 5 heteroatoms. The minimum absolute atomic E-state index is 0.0325. The lowest BCUT2D eigenvalue weighted by Gasteiger charge is -2.17. The lowest BCUT2D eigenvalue weighted by Crippen LogP contribution is -2.28. The molecule has 2 aromatic rings. The molecule has 0 aliphatic rings. The van der Waals surface area contributed by atoms with E-state index in [0.717, 1.165) is 16.5 Å². The molecule has 1 amide bonds. The van der Waals surface area contributed by atoms with Crippen LogP contribution in [0, 0.1) is 0 Å². The summed E-state index contributed by atoms with van der Waals surface area (Å²) in [5.41, 5.74) is 7.54. The third-order valence-electron chi connectivity index (χ3n) is 3.00. The number of carbonyl (C=O) groups excluding carboxylic acids is 1. The molecule has 0 bridgehead atoms. The van der Waals surface area contributed by atoms with Gasteiger partial charge in [-0.3, -0.25) is 4.79 Å². The van der Waals surface area contributed by atoms with E-state index in [9.17, 15) is 4.79 Å². The molecule has 0 aliphatic heterocycles. The Kier molecular flexibility index (Phi) is 4.74. The Hall–Kier alpha value is -1.88. The SMILES string of the molecule is CCC(NC(=O)c1ccc(N)cn1)c1ccc(Br)cc1. The Balaban J connectivity index is 2.11. The Bertz CT molecular complexity index is 581. The summed E-state index contributed by atoms with van der Waals surface area (Å²) in [5, 5.41) is 2.98. The lowest BCUT2D eigenvalue weighted by atomic mass is 10.0. The van der Waals surface area contributed by atoms with Crippen molar-refractivity contribution in [2.24, 2.45) is 0 Å². The first kappa shape index (κ1) is 14.5. The zero-order valence-corrected chi connectivity index (χ0v) is 12.7. The Morgan fingerprint density at radius 1 is 1.30 bits per heavy atom. The first-order chi connectivity index (χ1) is 9.60. The number of aromatic nitrogens is 1. The summed E-state index contributed by atoms with van der Waals surface area (Å²) in [6.07, 6.45) is 2.29. The van der Waals surface area contributed by atoms with Crippen LogP contribution in [0.15, 0.2) is 47.1 Å². The first-order valence-corrected chi connectivity index (χ1v) is 7.17. The van der Waals surface area contributed by atoms with Gasteiger partial charge in [0.05, 0.1) is 17.9 Å². The first-order valence-electron chi connectivity index (χ1n) is 6.38. The van der Waals surface area contributed by atoms with E-state index in [2.05, 4.69) is 26.2 Å². The molecule has 0 fully saturated rings. The monoisotopic (exact) mass is 333 g/mol. The predicted octanol–water partition coefficient (Wildman–Crippen LogP) is 3.31. The molecule has 2 rings (SSSR count). The largest absolute Gasteiger partial charge is 0.397 e. The summed E-state index contributed by atoms with van der Waals surface area (Å²) in [6, 6.07) is 11.2. The molecule has 1 aromatic heterocycles. The van der Waals surface area contributed by atoms with E-state index in [4.69, 9.17) is 5.73 Å². The van der Waals surface area contributed by atoms with E-state index in [1.54, 1.807) is 12.1 Å². The van der Waals surface area contributed by atoms with Gasteiger partial charge in [0.15, 0.2) is 0 Å². The molecular formula is C15H16BrN3O. The zero-order chi connectivity index (χ0) is 14.5. The molecule has 0 spiro atoms. The van der Waals surface area contributed by atoms with E-state index in [-0.39, 0.29) is 11.9 Å². The fourth-order valence-electron chi connectivity index (χ4n) is 1.89. The Morgan fingerprint density at radius 3 is 2.55 bits per heavy atom. The Morgan fingerprint density at radius 2 is 2.00 bits per heavy atom. The standard InChI is InChI=1S/C15H16BrN3O/c1-2-13(10-3-5-11(16)6-4-10)19-15(20)14-8-7-12(17)9-18-14/h3-9,13H,2,17H2,1H3,(H,19,20). The van der Waals surface area contributed by atoms with Gasteiger partial charge < -0.3 is 11.1 Å². The van der Waals surface area contributed by atoms with Crippen LogP contribution in [0.3, 0.4) is 0 Å². The second kappa shape index (κ2) is 6.52. The van der Waals surface area contributed by atoms with Crippen molar-refractivity contribution in [2.75, 3.05) is 5.73 Å². The van der Waals surface area contributed by atoms with Gasteiger partial charge in [0.1, 0.15) is 5.69 Å². The third-order valence-corrected chi connectivity index (χ3v) is 3.53. The maximum Gasteiger partial charge on any atom is 0.270 e. The normalized spacial score (nSPS) is 11.9. The maximum atomic E-state index is 12.1. The van der Waals surface area contributed by atoms with Crippen molar-refractivity contribution in [3.63, 3.8) is 0 Å². The van der Waals surface area contributed by atoms with Gasteiger partial charge in [-0.2, -0.15) is 0 Å². The maximum absolute atomic E-state index is 12.1. The number of pyridine rings is 1. The minimum atomic E-state index is -0.195. The van der Waals surface area contributed by atoms with E-state index in [0.29, 0.717) is 11.4 Å². The van der Waals surface area contributed by atoms with Gasteiger partial charge >= 0.3 is 0 Å². The van der Waals surface area contributed by atoms with Gasteiger partial charge in [0, 0.05) is 4.47 Å². The number of nitrogens with zero attached hydrogens (tertiary/aromatic N) is 1. The number of nitrogens with one attached hydrogen (secondary N) is 1. The molecular weight excluding hydrogens is 318 g/mol. The van der Waals surface area contributed by atoms with Crippen LogP contribution >= 0.6 is 15.9 Å². The molecule has 4 nitrogen and oxygen atoms in total. The topological polar surface area (TPSA) is 68.0 Å². The van der Waals surface area contributed by atoms with E-state index < -0.39 is 0 Å². The van der Waals surface area contributed by atoms with Crippen molar-refractivity contribution >= 4 is 27.5 Å². The second-order valence-electron chi connectivity index (χ2n) is 4.46. The summed E-state index contributed by atoms with van der Waals surface area (Å²) in [5.74, 6) is -0.195. The van der Waals surface area contributed by atoms with Crippen LogP contribution in [0.4, 0.5) is 5.69 Å². The van der Waals surface area contributed by atoms with E-state index >= 15 is 0 Å². The van der Waals surface area contributed by atoms with Crippen LogP contribution in [0.2, 0.25) is 0 Å². The summed E-state index contributed by atoms with van der Waals surface area (Å²) in [7, 11) is 0. The van der Waals surface area contributed by atoms with Gasteiger partial charge in [0.2, 0.25) is 0 Å². The number of anilines is 1. The van der Waals surface area contributed by atoms with Gasteiger partial charge in [-0.05, 0) is 36.2 Å². The number of carbonyl (C=O) groups is 1. The summed E-state index contributed by atoms with van der Waals surface area (Å²) >= 11 is 3.40. The van der Waals surface area contributed by atoms with Crippen molar-refractivity contribution in [1.82, 2.24) is 10.3 Å². The van der Waals surface area contributed by atoms with Crippen molar-refractivity contribution in [3.8, 4) is 0 Å². The van der Waals surface area contributed by atoms with Crippen LogP contribution in [-0.4, -0.2) is 10.9 Å². The van der Waals surface area contributed by atoms with Crippen molar-refractivity contribution < 1.29 is 4.79 Å². The summed E-state index contributed by atoms with van der Waals surface area (Å²) in [4.78, 5) is 16.2. The van der Waals surface area contributed by atoms with Crippen molar-refractivity contribution in [2.45, 2.75) is 19.4 Å². The molecule has 1 unspecified atom stereocenters. The number of halogens is 1. The van der Waals surface area contributed by atoms with Crippen LogP contribution in [-0.2, 0) is 0 Å². The van der Waals surface area contributed by atoms with Gasteiger partial charge in [0.25, 0.3) is 5.91 Å². The molecule has 3 N–H and O–H groups in total. The average molecular weight is 334 g/mol. The van der Waals surface area contributed by atoms with E-state index in [1.165, 1.54) is 6.20 Å². The predicted molar refractivity (Wildman–Crippen MR) is 83.3 cm³/mol. The van der Waals surface area contributed by atoms with Gasteiger partial charge in [-0.1, -0.05) is 35.0 Å². The highest BCUT2D eigenvalue weighted by Crippen LogP contribution is 2.19. The molecule has 0 saturated carbocycles. The minimum Gasteiger partial charge on any atom is -0.397 e. The fraction of sp³-hybridized carbons (Fsp3) is 0.200. The molecule has 1 aromatic carbocycles. The average Bonchev–Trinajstić information content (AvgIpc) is 2.46. The smallest absolute Gasteiger partial charge is 0.270 e. The number of benzene rings is 1. The molecule has 104 valence electrons.